The van der Waals surface area contributed by atoms with E-state index in [1.807, 2.05) is 74.5 Å². The smallest absolute Gasteiger partial charge is 0.317 e. The van der Waals surface area contributed by atoms with Crippen molar-refractivity contribution in [3.63, 3.8) is 0 Å². The van der Waals surface area contributed by atoms with E-state index in [2.05, 4.69) is 21.9 Å². The van der Waals surface area contributed by atoms with Gasteiger partial charge in [-0.05, 0) is 44.1 Å². The van der Waals surface area contributed by atoms with Crippen LogP contribution >= 0.6 is 0 Å². The Morgan fingerprint density at radius 2 is 1.89 bits per heavy atom. The predicted octanol–water partition coefficient (Wildman–Crippen LogP) is 4.40. The van der Waals surface area contributed by atoms with Gasteiger partial charge in [0.2, 0.25) is 21.8 Å². The monoisotopic (exact) mass is 798 g/mol. The van der Waals surface area contributed by atoms with Gasteiger partial charge in [0.05, 0.1) is 30.1 Å². The lowest BCUT2D eigenvalue weighted by atomic mass is 10.0. The number of ether oxygens (including phenoxy) is 2. The van der Waals surface area contributed by atoms with E-state index in [9.17, 15) is 27.6 Å². The number of rotatable bonds is 9. The first-order chi connectivity index (χ1) is 27.2. The molecule has 7 rings (SSSR count). The number of carbonyl (C=O) groups excluding carboxylic acids is 4. The van der Waals surface area contributed by atoms with Gasteiger partial charge in [-0.2, -0.15) is 0 Å². The summed E-state index contributed by atoms with van der Waals surface area (Å²) in [4.78, 5) is 64.0. The Bertz CT molecular complexity index is 2230. The van der Waals surface area contributed by atoms with Crippen molar-refractivity contribution >= 4 is 50.8 Å². The summed E-state index contributed by atoms with van der Waals surface area (Å²) in [6.07, 6.45) is 7.24. The van der Waals surface area contributed by atoms with E-state index in [0.29, 0.717) is 60.3 Å². The van der Waals surface area contributed by atoms with Gasteiger partial charge in [-0.1, -0.05) is 62.4 Å². The molecule has 1 aromatic heterocycles. The molecule has 5 atom stereocenters. The zero-order valence-corrected chi connectivity index (χ0v) is 33.5. The highest BCUT2D eigenvalue weighted by Gasteiger charge is 2.62. The fourth-order valence-corrected chi connectivity index (χ4v) is 9.03. The van der Waals surface area contributed by atoms with Crippen molar-refractivity contribution in [2.45, 2.75) is 81.3 Å². The molecule has 3 fully saturated rings. The zero-order valence-electron chi connectivity index (χ0n) is 32.7. The Labute approximate surface area is 333 Å². The van der Waals surface area contributed by atoms with Gasteiger partial charge in [-0.15, -0.1) is 6.58 Å². The lowest BCUT2D eigenvalue weighted by Crippen LogP contribution is -2.59. The van der Waals surface area contributed by atoms with Crippen molar-refractivity contribution in [1.29, 1.82) is 0 Å². The minimum Gasteiger partial charge on any atom is -0.496 e. The fraction of sp³-hybridized carbons (Fsp3) is 0.452. The number of benzene rings is 2. The lowest BCUT2D eigenvalue weighted by molar-refractivity contribution is -0.141. The summed E-state index contributed by atoms with van der Waals surface area (Å²) in [5.41, 5.74) is 1.37. The van der Waals surface area contributed by atoms with Crippen molar-refractivity contribution in [1.82, 2.24) is 30.1 Å². The van der Waals surface area contributed by atoms with E-state index in [0.717, 1.165) is 11.1 Å². The van der Waals surface area contributed by atoms with Crippen LogP contribution < -0.4 is 24.8 Å². The molecule has 2 saturated carbocycles. The second kappa shape index (κ2) is 15.8. The van der Waals surface area contributed by atoms with Crippen LogP contribution in [0.2, 0.25) is 0 Å². The summed E-state index contributed by atoms with van der Waals surface area (Å²) in [5.74, 6) is -1.73. The minimum atomic E-state index is -3.91. The lowest BCUT2D eigenvalue weighted by Gasteiger charge is -2.32. The second-order valence-corrected chi connectivity index (χ2v) is 17.7. The third-order valence-corrected chi connectivity index (χ3v) is 13.1. The highest BCUT2D eigenvalue weighted by molar-refractivity contribution is 7.91. The number of fused-ring (bicyclic) bond motifs is 3. The SMILES string of the molecule is C=C[C@@H]1C[C@]1(NC(=O)[C@@H]1C[C@@H]2CN1C(=O)[C@H](C(C)C)NC(=O)N(C)CCC/C=C/c1cc3c(cc(-c4ccccc4)nc3cc1OC)O2)C(=O)NS(=O)(=O)C1CC1. The van der Waals surface area contributed by atoms with Gasteiger partial charge in [0.25, 0.3) is 5.91 Å². The molecule has 4 bridgehead atoms. The maximum Gasteiger partial charge on any atom is 0.317 e. The largest absolute Gasteiger partial charge is 0.496 e. The third kappa shape index (κ3) is 8.20. The van der Waals surface area contributed by atoms with E-state index < -0.39 is 68.7 Å². The molecule has 2 aliphatic carbocycles. The van der Waals surface area contributed by atoms with Gasteiger partial charge in [0.1, 0.15) is 35.2 Å². The number of pyridine rings is 1. The summed E-state index contributed by atoms with van der Waals surface area (Å²) in [6.45, 7) is 7.85. The predicted molar refractivity (Wildman–Crippen MR) is 216 cm³/mol. The minimum absolute atomic E-state index is 0.0145. The Balaban J connectivity index is 1.28. The summed E-state index contributed by atoms with van der Waals surface area (Å²) in [6, 6.07) is 12.8. The summed E-state index contributed by atoms with van der Waals surface area (Å²) in [7, 11) is -0.641. The Morgan fingerprint density at radius 1 is 1.14 bits per heavy atom. The molecule has 3 heterocycles. The highest BCUT2D eigenvalue weighted by Crippen LogP contribution is 2.46. The molecule has 0 spiro atoms. The van der Waals surface area contributed by atoms with Gasteiger partial charge in [0.15, 0.2) is 0 Å². The van der Waals surface area contributed by atoms with Crippen LogP contribution in [0.4, 0.5) is 4.79 Å². The van der Waals surface area contributed by atoms with Crippen molar-refractivity contribution in [3.8, 4) is 22.8 Å². The van der Waals surface area contributed by atoms with Crippen LogP contribution in [0.5, 0.6) is 11.5 Å². The van der Waals surface area contributed by atoms with Gasteiger partial charge in [0, 0.05) is 54.6 Å². The molecule has 3 N–H and O–H groups in total. The maximum absolute atomic E-state index is 14.6. The number of allylic oxidation sites excluding steroid dienone is 1. The molecule has 4 aliphatic rings. The zero-order chi connectivity index (χ0) is 40.6. The quantitative estimate of drug-likeness (QED) is 0.265. The first-order valence-corrected chi connectivity index (χ1v) is 21.0. The van der Waals surface area contributed by atoms with Gasteiger partial charge in [-0.25, -0.2) is 18.2 Å². The van der Waals surface area contributed by atoms with E-state index in [4.69, 9.17) is 14.5 Å². The molecule has 15 heteroatoms. The summed E-state index contributed by atoms with van der Waals surface area (Å²) < 4.78 is 40.3. The number of methoxy groups -OCH3 is 1. The normalized spacial score (nSPS) is 25.9. The number of hydrogen-bond acceptors (Lipinski definition) is 9. The average Bonchev–Trinajstić information content (AvgIpc) is 4.12. The van der Waals surface area contributed by atoms with Crippen LogP contribution in [0, 0.1) is 11.8 Å². The molecule has 302 valence electrons. The number of nitrogens with zero attached hydrogens (tertiary/aromatic N) is 3. The first-order valence-electron chi connectivity index (χ1n) is 19.5. The summed E-state index contributed by atoms with van der Waals surface area (Å²) >= 11 is 0. The van der Waals surface area contributed by atoms with Crippen LogP contribution in [0.3, 0.4) is 0 Å². The number of hydrogen-bond donors (Lipinski definition) is 3. The molecular weight excluding hydrogens is 749 g/mol. The van der Waals surface area contributed by atoms with Crippen LogP contribution in [0.25, 0.3) is 28.2 Å². The molecule has 5 amide bonds. The molecule has 57 heavy (non-hydrogen) atoms. The highest BCUT2D eigenvalue weighted by atomic mass is 32.2. The number of amides is 5. The van der Waals surface area contributed by atoms with Crippen molar-refractivity contribution in [3.05, 3.63) is 72.8 Å². The number of nitrogens with one attached hydrogen (secondary N) is 3. The number of urea groups is 1. The Hall–Kier alpha value is -5.44. The van der Waals surface area contributed by atoms with Crippen LogP contribution in [-0.2, 0) is 24.4 Å². The first kappa shape index (κ1) is 39.8. The number of carbonyl (C=O) groups is 4. The Morgan fingerprint density at radius 3 is 2.56 bits per heavy atom. The molecule has 3 aromatic rings. The van der Waals surface area contributed by atoms with E-state index in [1.54, 1.807) is 14.2 Å². The van der Waals surface area contributed by atoms with E-state index in [1.165, 1.54) is 15.9 Å². The van der Waals surface area contributed by atoms with Crippen molar-refractivity contribution < 1.29 is 37.1 Å². The summed E-state index contributed by atoms with van der Waals surface area (Å²) in [5, 5.41) is 5.79. The van der Waals surface area contributed by atoms with Crippen LogP contribution in [0.1, 0.15) is 57.9 Å². The van der Waals surface area contributed by atoms with Crippen LogP contribution in [0.15, 0.2) is 67.3 Å². The number of sulfonamides is 1. The fourth-order valence-electron chi connectivity index (χ4n) is 7.67. The van der Waals surface area contributed by atoms with E-state index in [-0.39, 0.29) is 25.3 Å². The maximum atomic E-state index is 14.6. The number of aromatic nitrogens is 1. The molecule has 0 unspecified atom stereocenters. The van der Waals surface area contributed by atoms with Crippen molar-refractivity contribution in [2.75, 3.05) is 27.2 Å². The van der Waals surface area contributed by atoms with Crippen molar-refractivity contribution in [2.24, 2.45) is 11.8 Å². The molecular formula is C42H50N6O8S. The molecule has 0 radical (unpaired) electrons. The standard InChI is InChI=1S/C42H50N6O8S/c1-6-28-23-42(28,40(51)46-57(53,54)30-16-17-30)45-38(49)34-20-29-24-48(34)39(50)37(25(2)3)44-41(52)47(4)18-12-8-11-15-27-19-31-33(22-35(27)55-5)43-32(21-36(31)56-29)26-13-9-7-10-14-26/h6-7,9-11,13-15,19,21-22,25,28-30,34,37H,1,8,12,16-18,20,23-24H2,2-5H3,(H,44,52)(H,45,49)(H,46,51)/b15-11+/t28-,29-,34+,37+,42-/m1/s1. The molecule has 14 nitrogen and oxygen atoms in total. The molecule has 1 saturated heterocycles. The van der Waals surface area contributed by atoms with Gasteiger partial charge in [-0.3, -0.25) is 19.1 Å². The third-order valence-electron chi connectivity index (χ3n) is 11.3. The topological polar surface area (TPSA) is 176 Å². The molecule has 2 aromatic carbocycles. The van der Waals surface area contributed by atoms with Gasteiger partial charge < -0.3 is 29.9 Å². The Kier molecular flexibility index (Phi) is 11.1. The average molecular weight is 799 g/mol. The second-order valence-electron chi connectivity index (χ2n) is 15.8. The van der Waals surface area contributed by atoms with Gasteiger partial charge >= 0.3 is 6.03 Å². The molecule has 2 aliphatic heterocycles. The van der Waals surface area contributed by atoms with E-state index >= 15 is 0 Å². The van der Waals surface area contributed by atoms with Crippen LogP contribution in [-0.4, -0.2) is 103 Å².